The maximum atomic E-state index is 5.97. The lowest BCUT2D eigenvalue weighted by molar-refractivity contribution is 0.334. The fourth-order valence-corrected chi connectivity index (χ4v) is 4.57. The smallest absolute Gasteiger partial charge is 0.225 e. The van der Waals surface area contributed by atoms with Gasteiger partial charge in [-0.2, -0.15) is 4.98 Å². The van der Waals surface area contributed by atoms with Crippen molar-refractivity contribution in [2.75, 3.05) is 0 Å². The topological polar surface area (TPSA) is 43.6 Å². The van der Waals surface area contributed by atoms with Gasteiger partial charge in [0.1, 0.15) is 9.22 Å². The molecule has 2 aliphatic rings. The summed E-state index contributed by atoms with van der Waals surface area (Å²) in [7, 11) is 0. The summed E-state index contributed by atoms with van der Waals surface area (Å²) in [5, 5.41) is 0.316. The van der Waals surface area contributed by atoms with Crippen LogP contribution in [0.1, 0.15) is 31.7 Å². The molecule has 0 radical (unpaired) electrons. The van der Waals surface area contributed by atoms with Gasteiger partial charge in [0.05, 0.1) is 6.33 Å². The first-order valence-electron chi connectivity index (χ1n) is 6.28. The lowest BCUT2D eigenvalue weighted by Gasteiger charge is -2.23. The Kier molecular flexibility index (Phi) is 2.55. The average Bonchev–Trinajstić information content (AvgIpc) is 3.00. The van der Waals surface area contributed by atoms with Crippen molar-refractivity contribution in [2.24, 2.45) is 11.8 Å². The SMILES string of the molecule is Clc1nc(I)c2ncn([C@@H]3C[C@H]4CC[C@@H]3C4)c2n1. The zero-order chi connectivity index (χ0) is 12.3. The first-order chi connectivity index (χ1) is 8.72. The number of imidazole rings is 1. The van der Waals surface area contributed by atoms with E-state index in [-0.39, 0.29) is 0 Å². The Labute approximate surface area is 123 Å². The van der Waals surface area contributed by atoms with Gasteiger partial charge in [0.25, 0.3) is 0 Å². The Hall–Kier alpha value is -0.430. The molecular formula is C12H12ClIN4. The molecule has 0 saturated heterocycles. The van der Waals surface area contributed by atoms with E-state index in [1.54, 1.807) is 0 Å². The summed E-state index contributed by atoms with van der Waals surface area (Å²) >= 11 is 8.14. The number of fused-ring (bicyclic) bond motifs is 3. The summed E-state index contributed by atoms with van der Waals surface area (Å²) in [6.07, 6.45) is 7.32. The highest BCUT2D eigenvalue weighted by Crippen LogP contribution is 2.51. The fraction of sp³-hybridized carbons (Fsp3) is 0.583. The highest BCUT2D eigenvalue weighted by molar-refractivity contribution is 14.1. The molecule has 2 aromatic heterocycles. The molecule has 2 bridgehead atoms. The first kappa shape index (κ1) is 11.4. The summed E-state index contributed by atoms with van der Waals surface area (Å²) in [4.78, 5) is 13.0. The van der Waals surface area contributed by atoms with Gasteiger partial charge in [-0.05, 0) is 65.3 Å². The van der Waals surface area contributed by atoms with Gasteiger partial charge in [-0.1, -0.05) is 6.42 Å². The molecule has 0 aliphatic heterocycles. The van der Waals surface area contributed by atoms with Crippen LogP contribution in [0.2, 0.25) is 5.28 Å². The summed E-state index contributed by atoms with van der Waals surface area (Å²) in [6, 6.07) is 0.565. The summed E-state index contributed by atoms with van der Waals surface area (Å²) in [6.45, 7) is 0. The van der Waals surface area contributed by atoms with Crippen LogP contribution in [-0.2, 0) is 0 Å². The molecule has 2 heterocycles. The van der Waals surface area contributed by atoms with E-state index in [1.807, 2.05) is 6.33 Å². The second-order valence-corrected chi connectivity index (χ2v) is 6.71. The van der Waals surface area contributed by atoms with Crippen LogP contribution < -0.4 is 0 Å². The molecule has 18 heavy (non-hydrogen) atoms. The average molecular weight is 375 g/mol. The van der Waals surface area contributed by atoms with Crippen LogP contribution in [0, 0.1) is 15.5 Å². The molecule has 0 unspecified atom stereocenters. The molecule has 0 spiro atoms. The molecule has 3 atom stereocenters. The predicted octanol–water partition coefficient (Wildman–Crippen LogP) is 3.45. The maximum Gasteiger partial charge on any atom is 0.225 e. The lowest BCUT2D eigenvalue weighted by atomic mass is 9.95. The first-order valence-corrected chi connectivity index (χ1v) is 7.73. The largest absolute Gasteiger partial charge is 0.312 e. The normalized spacial score (nSPS) is 30.4. The Morgan fingerprint density at radius 2 is 2.17 bits per heavy atom. The third kappa shape index (κ3) is 1.59. The van der Waals surface area contributed by atoms with Gasteiger partial charge in [-0.25, -0.2) is 9.97 Å². The minimum absolute atomic E-state index is 0.316. The Morgan fingerprint density at radius 1 is 1.28 bits per heavy atom. The van der Waals surface area contributed by atoms with Crippen molar-refractivity contribution in [2.45, 2.75) is 31.7 Å². The van der Waals surface area contributed by atoms with Crippen LogP contribution in [0.3, 0.4) is 0 Å². The monoisotopic (exact) mass is 374 g/mol. The summed E-state index contributed by atoms with van der Waals surface area (Å²) in [5.41, 5.74) is 1.78. The third-order valence-electron chi connectivity index (χ3n) is 4.41. The van der Waals surface area contributed by atoms with Crippen molar-refractivity contribution in [1.29, 1.82) is 0 Å². The van der Waals surface area contributed by atoms with Gasteiger partial charge < -0.3 is 4.57 Å². The molecule has 0 N–H and O–H groups in total. The summed E-state index contributed by atoms with van der Waals surface area (Å²) in [5.74, 6) is 1.72. The van der Waals surface area contributed by atoms with Gasteiger partial charge in [0.15, 0.2) is 5.65 Å². The van der Waals surface area contributed by atoms with Gasteiger partial charge >= 0.3 is 0 Å². The number of aromatic nitrogens is 4. The van der Waals surface area contributed by atoms with Crippen molar-refractivity contribution in [3.63, 3.8) is 0 Å². The van der Waals surface area contributed by atoms with E-state index < -0.39 is 0 Å². The Bertz CT molecular complexity index is 626. The van der Waals surface area contributed by atoms with E-state index in [1.165, 1.54) is 25.7 Å². The maximum absolute atomic E-state index is 5.97. The van der Waals surface area contributed by atoms with Gasteiger partial charge in [-0.3, -0.25) is 0 Å². The van der Waals surface area contributed by atoms with Gasteiger partial charge in [0.2, 0.25) is 5.28 Å². The second-order valence-electron chi connectivity index (χ2n) is 5.35. The van der Waals surface area contributed by atoms with Crippen LogP contribution in [-0.4, -0.2) is 19.5 Å². The molecule has 2 aliphatic carbocycles. The number of nitrogens with zero attached hydrogens (tertiary/aromatic N) is 4. The van der Waals surface area contributed by atoms with Crippen LogP contribution in [0.15, 0.2) is 6.33 Å². The molecule has 6 heteroatoms. The quantitative estimate of drug-likeness (QED) is 0.436. The van der Waals surface area contributed by atoms with Crippen molar-refractivity contribution >= 4 is 45.4 Å². The van der Waals surface area contributed by atoms with E-state index in [2.05, 4.69) is 42.1 Å². The predicted molar refractivity (Wildman–Crippen MR) is 77.5 cm³/mol. The Morgan fingerprint density at radius 3 is 2.89 bits per heavy atom. The molecule has 2 fully saturated rings. The summed E-state index contributed by atoms with van der Waals surface area (Å²) < 4.78 is 3.07. The lowest BCUT2D eigenvalue weighted by Crippen LogP contribution is -2.15. The molecule has 0 amide bonds. The number of rotatable bonds is 1. The van der Waals surface area contributed by atoms with Crippen LogP contribution in [0.25, 0.3) is 11.2 Å². The number of halogens is 2. The van der Waals surface area contributed by atoms with Crippen molar-refractivity contribution in [3.05, 3.63) is 15.3 Å². The zero-order valence-electron chi connectivity index (χ0n) is 9.68. The molecule has 2 aromatic rings. The van der Waals surface area contributed by atoms with Crippen LogP contribution in [0.5, 0.6) is 0 Å². The number of hydrogen-bond donors (Lipinski definition) is 0. The Balaban J connectivity index is 1.86. The third-order valence-corrected chi connectivity index (χ3v) is 5.33. The van der Waals surface area contributed by atoms with Crippen molar-refractivity contribution in [3.8, 4) is 0 Å². The van der Waals surface area contributed by atoms with E-state index in [0.29, 0.717) is 11.3 Å². The molecule has 2 saturated carbocycles. The van der Waals surface area contributed by atoms with Gasteiger partial charge in [-0.15, -0.1) is 0 Å². The van der Waals surface area contributed by atoms with E-state index >= 15 is 0 Å². The molecule has 94 valence electrons. The zero-order valence-corrected chi connectivity index (χ0v) is 12.6. The van der Waals surface area contributed by atoms with E-state index in [9.17, 15) is 0 Å². The number of hydrogen-bond acceptors (Lipinski definition) is 3. The van der Waals surface area contributed by atoms with Crippen LogP contribution >= 0.6 is 34.2 Å². The molecule has 4 rings (SSSR count). The van der Waals surface area contributed by atoms with Gasteiger partial charge in [0, 0.05) is 6.04 Å². The molecule has 4 nitrogen and oxygen atoms in total. The minimum Gasteiger partial charge on any atom is -0.312 e. The standard InChI is InChI=1S/C12H12ClIN4/c13-12-16-10(14)9-11(17-12)18(5-15-9)8-4-6-1-2-7(8)3-6/h5-8H,1-4H2/t6-,7+,8+/m0/s1. The minimum atomic E-state index is 0.316. The van der Waals surface area contributed by atoms with E-state index in [0.717, 1.165) is 26.7 Å². The van der Waals surface area contributed by atoms with Crippen molar-refractivity contribution < 1.29 is 0 Å². The van der Waals surface area contributed by atoms with E-state index in [4.69, 9.17) is 11.6 Å². The molecular weight excluding hydrogens is 363 g/mol. The molecule has 0 aromatic carbocycles. The highest BCUT2D eigenvalue weighted by atomic mass is 127. The second kappa shape index (κ2) is 4.03. The van der Waals surface area contributed by atoms with Crippen LogP contribution in [0.4, 0.5) is 0 Å². The highest BCUT2D eigenvalue weighted by Gasteiger charge is 2.41. The fourth-order valence-electron chi connectivity index (χ4n) is 3.65. The van der Waals surface area contributed by atoms with Crippen molar-refractivity contribution in [1.82, 2.24) is 19.5 Å².